The Bertz CT molecular complexity index is 539. The largest absolute Gasteiger partial charge is 0.394 e. The molecule has 0 spiro atoms. The summed E-state index contributed by atoms with van der Waals surface area (Å²) in [4.78, 5) is 6.81. The summed E-state index contributed by atoms with van der Waals surface area (Å²) in [5, 5.41) is 18.6. The molecule has 1 atom stereocenters. The number of nitrogens with zero attached hydrogens (tertiary/aromatic N) is 3. The van der Waals surface area contributed by atoms with Crippen LogP contribution in [0.4, 0.5) is 5.82 Å². The van der Waals surface area contributed by atoms with Crippen LogP contribution in [0.3, 0.4) is 0 Å². The third-order valence-corrected chi connectivity index (χ3v) is 4.04. The lowest BCUT2D eigenvalue weighted by Crippen LogP contribution is -2.44. The molecule has 5 nitrogen and oxygen atoms in total. The standard InChI is InChI=1S/C15H19N3O2/c16-8-12-7-11-3-1-2-4-14(11)17-15(12)18-5-6-20-13(9-18)10-19/h7,13,19H,1-6,9-10H2. The molecular weight excluding hydrogens is 254 g/mol. The van der Waals surface area contributed by atoms with Gasteiger partial charge in [0.15, 0.2) is 0 Å². The maximum atomic E-state index is 9.38. The average molecular weight is 273 g/mol. The molecule has 106 valence electrons. The van der Waals surface area contributed by atoms with Gasteiger partial charge in [0.25, 0.3) is 0 Å². The van der Waals surface area contributed by atoms with Crippen LogP contribution in [0.15, 0.2) is 6.07 Å². The summed E-state index contributed by atoms with van der Waals surface area (Å²) in [5.41, 5.74) is 3.00. The van der Waals surface area contributed by atoms with E-state index in [4.69, 9.17) is 9.72 Å². The number of fused-ring (bicyclic) bond motifs is 1. The van der Waals surface area contributed by atoms with Crippen molar-refractivity contribution in [2.24, 2.45) is 0 Å². The van der Waals surface area contributed by atoms with Gasteiger partial charge in [0.2, 0.25) is 0 Å². The zero-order valence-electron chi connectivity index (χ0n) is 11.5. The van der Waals surface area contributed by atoms with Gasteiger partial charge in [-0.2, -0.15) is 5.26 Å². The van der Waals surface area contributed by atoms with E-state index in [2.05, 4.69) is 11.0 Å². The van der Waals surface area contributed by atoms with Gasteiger partial charge in [0, 0.05) is 18.8 Å². The van der Waals surface area contributed by atoms with Crippen LogP contribution in [-0.4, -0.2) is 42.5 Å². The van der Waals surface area contributed by atoms with Gasteiger partial charge in [0.1, 0.15) is 11.9 Å². The molecule has 1 aromatic heterocycles. The van der Waals surface area contributed by atoms with E-state index >= 15 is 0 Å². The summed E-state index contributed by atoms with van der Waals surface area (Å²) < 4.78 is 5.46. The minimum absolute atomic E-state index is 0.00330. The minimum atomic E-state index is -0.187. The van der Waals surface area contributed by atoms with Crippen molar-refractivity contribution >= 4 is 5.82 Å². The summed E-state index contributed by atoms with van der Waals surface area (Å²) in [7, 11) is 0. The van der Waals surface area contributed by atoms with Crippen molar-refractivity contribution in [3.8, 4) is 6.07 Å². The molecule has 1 N–H and O–H groups in total. The van der Waals surface area contributed by atoms with Gasteiger partial charge in [-0.15, -0.1) is 0 Å². The summed E-state index contributed by atoms with van der Waals surface area (Å²) >= 11 is 0. The Morgan fingerprint density at radius 2 is 2.30 bits per heavy atom. The normalized spacial score (nSPS) is 22.2. The molecular formula is C15H19N3O2. The highest BCUT2D eigenvalue weighted by Crippen LogP contribution is 2.27. The third kappa shape index (κ3) is 2.49. The fourth-order valence-corrected chi connectivity index (χ4v) is 2.97. The SMILES string of the molecule is N#Cc1cc2c(nc1N1CCOC(CO)C1)CCCC2. The second-order valence-corrected chi connectivity index (χ2v) is 5.41. The van der Waals surface area contributed by atoms with Crippen LogP contribution in [-0.2, 0) is 17.6 Å². The quantitative estimate of drug-likeness (QED) is 0.871. The van der Waals surface area contributed by atoms with E-state index in [9.17, 15) is 10.4 Å². The van der Waals surface area contributed by atoms with E-state index in [0.717, 1.165) is 30.9 Å². The summed E-state index contributed by atoms with van der Waals surface area (Å²) in [6.45, 7) is 1.88. The molecule has 1 aliphatic heterocycles. The summed E-state index contributed by atoms with van der Waals surface area (Å²) in [6, 6.07) is 4.27. The smallest absolute Gasteiger partial charge is 0.147 e. The van der Waals surface area contributed by atoms with Gasteiger partial charge in [-0.1, -0.05) is 0 Å². The van der Waals surface area contributed by atoms with Crippen molar-refractivity contribution in [3.63, 3.8) is 0 Å². The van der Waals surface area contributed by atoms with Gasteiger partial charge in [-0.3, -0.25) is 0 Å². The number of pyridine rings is 1. The topological polar surface area (TPSA) is 69.4 Å². The number of anilines is 1. The molecule has 1 saturated heterocycles. The lowest BCUT2D eigenvalue weighted by atomic mass is 9.95. The number of nitriles is 1. The Morgan fingerprint density at radius 1 is 1.45 bits per heavy atom. The molecule has 0 amide bonds. The molecule has 0 saturated carbocycles. The number of aromatic nitrogens is 1. The number of morpholine rings is 1. The van der Waals surface area contributed by atoms with Crippen LogP contribution < -0.4 is 4.90 Å². The highest BCUT2D eigenvalue weighted by Gasteiger charge is 2.24. The molecule has 0 aromatic carbocycles. The van der Waals surface area contributed by atoms with Gasteiger partial charge in [-0.25, -0.2) is 4.98 Å². The summed E-state index contributed by atoms with van der Waals surface area (Å²) in [6.07, 6.45) is 4.20. The Morgan fingerprint density at radius 3 is 3.10 bits per heavy atom. The number of hydrogen-bond donors (Lipinski definition) is 1. The molecule has 5 heteroatoms. The van der Waals surface area contributed by atoms with Crippen LogP contribution in [0.5, 0.6) is 0 Å². The number of hydrogen-bond acceptors (Lipinski definition) is 5. The lowest BCUT2D eigenvalue weighted by molar-refractivity contribution is 0.00334. The van der Waals surface area contributed by atoms with Crippen LogP contribution >= 0.6 is 0 Å². The highest BCUT2D eigenvalue weighted by atomic mass is 16.5. The first-order valence-electron chi connectivity index (χ1n) is 7.22. The Kier molecular flexibility index (Phi) is 3.86. The van der Waals surface area contributed by atoms with Crippen LogP contribution in [0.25, 0.3) is 0 Å². The van der Waals surface area contributed by atoms with Crippen molar-refractivity contribution in [2.45, 2.75) is 31.8 Å². The minimum Gasteiger partial charge on any atom is -0.394 e. The molecule has 1 unspecified atom stereocenters. The fourth-order valence-electron chi connectivity index (χ4n) is 2.97. The first kappa shape index (κ1) is 13.3. The maximum Gasteiger partial charge on any atom is 0.147 e. The maximum absolute atomic E-state index is 9.38. The number of aliphatic hydroxyl groups is 1. The first-order valence-corrected chi connectivity index (χ1v) is 7.22. The number of aliphatic hydroxyl groups excluding tert-OH is 1. The Balaban J connectivity index is 1.93. The van der Waals surface area contributed by atoms with E-state index in [1.54, 1.807) is 0 Å². The molecule has 2 heterocycles. The van der Waals surface area contributed by atoms with Gasteiger partial charge in [0.05, 0.1) is 24.9 Å². The van der Waals surface area contributed by atoms with Crippen molar-refractivity contribution in [3.05, 3.63) is 22.9 Å². The number of ether oxygens (including phenoxy) is 1. The van der Waals surface area contributed by atoms with Crippen molar-refractivity contribution in [1.29, 1.82) is 5.26 Å². The van der Waals surface area contributed by atoms with E-state index in [1.807, 2.05) is 6.07 Å². The van der Waals surface area contributed by atoms with Gasteiger partial charge < -0.3 is 14.7 Å². The van der Waals surface area contributed by atoms with E-state index in [0.29, 0.717) is 18.7 Å². The zero-order valence-corrected chi connectivity index (χ0v) is 11.5. The van der Waals surface area contributed by atoms with Gasteiger partial charge >= 0.3 is 0 Å². The first-order chi connectivity index (χ1) is 9.81. The number of rotatable bonds is 2. The molecule has 20 heavy (non-hydrogen) atoms. The molecule has 2 aliphatic rings. The lowest BCUT2D eigenvalue weighted by Gasteiger charge is -2.34. The van der Waals surface area contributed by atoms with E-state index in [-0.39, 0.29) is 12.7 Å². The highest BCUT2D eigenvalue weighted by molar-refractivity contribution is 5.56. The molecule has 0 radical (unpaired) electrons. The van der Waals surface area contributed by atoms with Gasteiger partial charge in [-0.05, 0) is 37.3 Å². The van der Waals surface area contributed by atoms with Crippen molar-refractivity contribution in [1.82, 2.24) is 4.98 Å². The van der Waals surface area contributed by atoms with E-state index < -0.39 is 0 Å². The number of aryl methyl sites for hydroxylation is 2. The third-order valence-electron chi connectivity index (χ3n) is 4.04. The molecule has 1 aliphatic carbocycles. The van der Waals surface area contributed by atoms with E-state index in [1.165, 1.54) is 18.4 Å². The summed E-state index contributed by atoms with van der Waals surface area (Å²) in [5.74, 6) is 0.759. The monoisotopic (exact) mass is 273 g/mol. The average Bonchev–Trinajstić information content (AvgIpc) is 2.53. The molecule has 1 aromatic rings. The molecule has 1 fully saturated rings. The van der Waals surface area contributed by atoms with Crippen molar-refractivity contribution < 1.29 is 9.84 Å². The second kappa shape index (κ2) is 5.78. The molecule has 3 rings (SSSR count). The van der Waals surface area contributed by atoms with Crippen LogP contribution in [0, 0.1) is 11.3 Å². The van der Waals surface area contributed by atoms with Crippen LogP contribution in [0.1, 0.15) is 29.7 Å². The molecule has 0 bridgehead atoms. The predicted octanol–water partition coefficient (Wildman–Crippen LogP) is 1.03. The Labute approximate surface area is 118 Å². The Hall–Kier alpha value is -1.64. The second-order valence-electron chi connectivity index (χ2n) is 5.41. The van der Waals surface area contributed by atoms with Crippen LogP contribution in [0.2, 0.25) is 0 Å². The fraction of sp³-hybridized carbons (Fsp3) is 0.600. The zero-order chi connectivity index (χ0) is 13.9. The predicted molar refractivity (Wildman–Crippen MR) is 74.6 cm³/mol. The van der Waals surface area contributed by atoms with Crippen molar-refractivity contribution in [2.75, 3.05) is 31.2 Å².